The second kappa shape index (κ2) is 7.67. The van der Waals surface area contributed by atoms with Crippen molar-refractivity contribution in [3.63, 3.8) is 0 Å². The molecule has 0 bridgehead atoms. The standard InChI is InChI=1S/C14H23ClN2/c1-4-6-9-17(12(3)5-2)11-13-7-8-14(15)16-10-13/h7-8,10,12H,4-6,9,11H2,1-3H3. The van der Waals surface area contributed by atoms with Gasteiger partial charge in [-0.25, -0.2) is 4.98 Å². The third kappa shape index (κ3) is 5.05. The highest BCUT2D eigenvalue weighted by atomic mass is 35.5. The van der Waals surface area contributed by atoms with E-state index >= 15 is 0 Å². The highest BCUT2D eigenvalue weighted by molar-refractivity contribution is 6.29. The van der Waals surface area contributed by atoms with Gasteiger partial charge in [-0.2, -0.15) is 0 Å². The topological polar surface area (TPSA) is 16.1 Å². The third-order valence-electron chi connectivity index (χ3n) is 3.19. The van der Waals surface area contributed by atoms with E-state index in [2.05, 4.69) is 36.7 Å². The molecule has 1 heterocycles. The van der Waals surface area contributed by atoms with Gasteiger partial charge in [0.25, 0.3) is 0 Å². The minimum atomic E-state index is 0.567. The van der Waals surface area contributed by atoms with Crippen LogP contribution in [0.2, 0.25) is 5.15 Å². The first-order chi connectivity index (χ1) is 8.17. The van der Waals surface area contributed by atoms with Crippen molar-refractivity contribution in [2.45, 2.75) is 52.6 Å². The van der Waals surface area contributed by atoms with Crippen molar-refractivity contribution in [2.75, 3.05) is 6.54 Å². The maximum Gasteiger partial charge on any atom is 0.129 e. The molecular weight excluding hydrogens is 232 g/mol. The van der Waals surface area contributed by atoms with Gasteiger partial charge in [0, 0.05) is 18.8 Å². The third-order valence-corrected chi connectivity index (χ3v) is 3.41. The van der Waals surface area contributed by atoms with Crippen molar-refractivity contribution in [1.82, 2.24) is 9.88 Å². The molecule has 0 saturated heterocycles. The minimum absolute atomic E-state index is 0.567. The number of pyridine rings is 1. The second-order valence-electron chi connectivity index (χ2n) is 4.57. The van der Waals surface area contributed by atoms with Gasteiger partial charge in [0.05, 0.1) is 0 Å². The average Bonchev–Trinajstić information content (AvgIpc) is 2.36. The van der Waals surface area contributed by atoms with Gasteiger partial charge in [-0.05, 0) is 37.9 Å². The van der Waals surface area contributed by atoms with Crippen LogP contribution in [0.25, 0.3) is 0 Å². The van der Waals surface area contributed by atoms with Crippen LogP contribution in [0.3, 0.4) is 0 Å². The van der Waals surface area contributed by atoms with Crippen molar-refractivity contribution in [3.05, 3.63) is 29.0 Å². The van der Waals surface area contributed by atoms with Gasteiger partial charge in [-0.3, -0.25) is 4.90 Å². The zero-order chi connectivity index (χ0) is 12.7. The zero-order valence-electron chi connectivity index (χ0n) is 11.1. The Hall–Kier alpha value is -0.600. The van der Waals surface area contributed by atoms with E-state index < -0.39 is 0 Å². The molecule has 96 valence electrons. The molecule has 0 fully saturated rings. The summed E-state index contributed by atoms with van der Waals surface area (Å²) in [5, 5.41) is 0.567. The lowest BCUT2D eigenvalue weighted by molar-refractivity contribution is 0.192. The highest BCUT2D eigenvalue weighted by Gasteiger charge is 2.12. The van der Waals surface area contributed by atoms with Crippen LogP contribution in [0.15, 0.2) is 18.3 Å². The minimum Gasteiger partial charge on any atom is -0.296 e. The van der Waals surface area contributed by atoms with Gasteiger partial charge in [-0.1, -0.05) is 37.9 Å². The molecule has 0 aliphatic heterocycles. The molecule has 0 aliphatic carbocycles. The molecule has 1 rings (SSSR count). The number of rotatable bonds is 7. The van der Waals surface area contributed by atoms with Gasteiger partial charge in [0.1, 0.15) is 5.15 Å². The lowest BCUT2D eigenvalue weighted by Crippen LogP contribution is -2.33. The fraction of sp³-hybridized carbons (Fsp3) is 0.643. The lowest BCUT2D eigenvalue weighted by Gasteiger charge is -2.28. The van der Waals surface area contributed by atoms with Crippen LogP contribution in [0, 0.1) is 0 Å². The fourth-order valence-corrected chi connectivity index (χ4v) is 1.92. The van der Waals surface area contributed by atoms with Crippen LogP contribution in [0.4, 0.5) is 0 Å². The van der Waals surface area contributed by atoms with Gasteiger partial charge in [-0.15, -0.1) is 0 Å². The van der Waals surface area contributed by atoms with Crippen LogP contribution in [0.1, 0.15) is 45.6 Å². The van der Waals surface area contributed by atoms with Gasteiger partial charge >= 0.3 is 0 Å². The predicted octanol–water partition coefficient (Wildman–Crippen LogP) is 4.14. The van der Waals surface area contributed by atoms with E-state index in [1.807, 2.05) is 12.3 Å². The summed E-state index contributed by atoms with van der Waals surface area (Å²) >= 11 is 5.80. The van der Waals surface area contributed by atoms with Crippen molar-refractivity contribution in [3.8, 4) is 0 Å². The van der Waals surface area contributed by atoms with Crippen LogP contribution < -0.4 is 0 Å². The molecule has 0 saturated carbocycles. The molecule has 0 amide bonds. The molecule has 0 N–H and O–H groups in total. The van der Waals surface area contributed by atoms with Crippen molar-refractivity contribution < 1.29 is 0 Å². The van der Waals surface area contributed by atoms with Crippen LogP contribution >= 0.6 is 11.6 Å². The average molecular weight is 255 g/mol. The monoisotopic (exact) mass is 254 g/mol. The van der Waals surface area contributed by atoms with E-state index in [-0.39, 0.29) is 0 Å². The number of aromatic nitrogens is 1. The molecular formula is C14H23ClN2. The molecule has 0 spiro atoms. The van der Waals surface area contributed by atoms with Crippen LogP contribution in [-0.2, 0) is 6.54 Å². The maximum absolute atomic E-state index is 5.80. The lowest BCUT2D eigenvalue weighted by atomic mass is 10.1. The molecule has 0 radical (unpaired) electrons. The predicted molar refractivity (Wildman–Crippen MR) is 74.3 cm³/mol. The number of hydrogen-bond donors (Lipinski definition) is 0. The summed E-state index contributed by atoms with van der Waals surface area (Å²) in [6.07, 6.45) is 5.56. The summed E-state index contributed by atoms with van der Waals surface area (Å²) in [6, 6.07) is 4.56. The molecule has 0 aromatic carbocycles. The van der Waals surface area contributed by atoms with Gasteiger partial charge < -0.3 is 0 Å². The molecule has 1 unspecified atom stereocenters. The summed E-state index contributed by atoms with van der Waals surface area (Å²) in [6.45, 7) is 8.90. The largest absolute Gasteiger partial charge is 0.296 e. The van der Waals surface area contributed by atoms with E-state index in [0.717, 1.165) is 13.1 Å². The molecule has 2 nitrogen and oxygen atoms in total. The van der Waals surface area contributed by atoms with Crippen LogP contribution in [0.5, 0.6) is 0 Å². The first-order valence-electron chi connectivity index (χ1n) is 6.51. The summed E-state index contributed by atoms with van der Waals surface area (Å²) in [4.78, 5) is 6.66. The molecule has 1 aromatic rings. The van der Waals surface area contributed by atoms with Crippen molar-refractivity contribution in [1.29, 1.82) is 0 Å². The van der Waals surface area contributed by atoms with E-state index in [1.165, 1.54) is 24.8 Å². The van der Waals surface area contributed by atoms with E-state index in [0.29, 0.717) is 11.2 Å². The Bertz CT molecular complexity index is 311. The van der Waals surface area contributed by atoms with E-state index in [9.17, 15) is 0 Å². The Kier molecular flexibility index (Phi) is 6.53. The van der Waals surface area contributed by atoms with E-state index in [1.54, 1.807) is 0 Å². The van der Waals surface area contributed by atoms with Gasteiger partial charge in [0.2, 0.25) is 0 Å². The first-order valence-corrected chi connectivity index (χ1v) is 6.89. The van der Waals surface area contributed by atoms with Crippen molar-refractivity contribution in [2.24, 2.45) is 0 Å². The Morgan fingerprint density at radius 3 is 2.65 bits per heavy atom. The SMILES string of the molecule is CCCCN(Cc1ccc(Cl)nc1)C(C)CC. The molecule has 17 heavy (non-hydrogen) atoms. The highest BCUT2D eigenvalue weighted by Crippen LogP contribution is 2.13. The number of unbranched alkanes of at least 4 members (excludes halogenated alkanes) is 1. The van der Waals surface area contributed by atoms with Crippen LogP contribution in [-0.4, -0.2) is 22.5 Å². The van der Waals surface area contributed by atoms with Gasteiger partial charge in [0.15, 0.2) is 0 Å². The smallest absolute Gasteiger partial charge is 0.129 e. The van der Waals surface area contributed by atoms with E-state index in [4.69, 9.17) is 11.6 Å². The fourth-order valence-electron chi connectivity index (χ4n) is 1.81. The first kappa shape index (κ1) is 14.5. The number of halogens is 1. The quantitative estimate of drug-likeness (QED) is 0.680. The summed E-state index contributed by atoms with van der Waals surface area (Å²) in [7, 11) is 0. The summed E-state index contributed by atoms with van der Waals surface area (Å²) in [5.74, 6) is 0. The maximum atomic E-state index is 5.80. The normalized spacial score (nSPS) is 13.0. The Labute approximate surface area is 110 Å². The Balaban J connectivity index is 2.61. The number of hydrogen-bond acceptors (Lipinski definition) is 2. The second-order valence-corrected chi connectivity index (χ2v) is 4.96. The Morgan fingerprint density at radius 1 is 1.35 bits per heavy atom. The molecule has 3 heteroatoms. The number of nitrogens with zero attached hydrogens (tertiary/aromatic N) is 2. The Morgan fingerprint density at radius 2 is 2.12 bits per heavy atom. The zero-order valence-corrected chi connectivity index (χ0v) is 11.9. The summed E-state index contributed by atoms with van der Waals surface area (Å²) < 4.78 is 0. The molecule has 1 aromatic heterocycles. The molecule has 0 aliphatic rings. The summed E-state index contributed by atoms with van der Waals surface area (Å²) in [5.41, 5.74) is 1.24. The van der Waals surface area contributed by atoms with Crippen molar-refractivity contribution >= 4 is 11.6 Å². The molecule has 1 atom stereocenters.